The normalized spacial score (nSPS) is 16.4. The van der Waals surface area contributed by atoms with Gasteiger partial charge in [-0.15, -0.1) is 0 Å². The van der Waals surface area contributed by atoms with Gasteiger partial charge in [0, 0.05) is 12.6 Å². The van der Waals surface area contributed by atoms with E-state index in [0.29, 0.717) is 6.04 Å². The second-order valence-electron chi connectivity index (χ2n) is 6.21. The molecule has 1 aliphatic rings. The minimum atomic E-state index is 0.664. The average Bonchev–Trinajstić information content (AvgIpc) is 2.59. The summed E-state index contributed by atoms with van der Waals surface area (Å²) in [5, 5.41) is 3.71. The lowest BCUT2D eigenvalue weighted by Crippen LogP contribution is -2.30. The van der Waals surface area contributed by atoms with Crippen LogP contribution in [0, 0.1) is 0 Å². The maximum atomic E-state index is 4.84. The summed E-state index contributed by atoms with van der Waals surface area (Å²) in [5.41, 5.74) is 5.21. The zero-order chi connectivity index (χ0) is 14.8. The standard InChI is InChI=1S/C19H21N3/c1-2-8-15(9-3-1)20-13-14-7-6-12-18-19(14)22-17-11-5-4-10-16(17)21-18/h4-7,10-12,15,20H,1-3,8-9,13H2. The van der Waals surface area contributed by atoms with E-state index in [9.17, 15) is 0 Å². The van der Waals surface area contributed by atoms with Crippen LogP contribution in [0.1, 0.15) is 37.7 Å². The van der Waals surface area contributed by atoms with Crippen molar-refractivity contribution in [1.29, 1.82) is 0 Å². The first kappa shape index (κ1) is 13.6. The monoisotopic (exact) mass is 291 g/mol. The fourth-order valence-electron chi connectivity index (χ4n) is 3.40. The number of hydrogen-bond acceptors (Lipinski definition) is 3. The Hall–Kier alpha value is -2.00. The number of aromatic nitrogens is 2. The number of fused-ring (bicyclic) bond motifs is 2. The first-order valence-corrected chi connectivity index (χ1v) is 8.28. The molecule has 1 saturated carbocycles. The summed E-state index contributed by atoms with van der Waals surface area (Å²) >= 11 is 0. The Bertz CT molecular complexity index is 791. The van der Waals surface area contributed by atoms with Crippen LogP contribution in [0.3, 0.4) is 0 Å². The molecule has 4 rings (SSSR count). The molecule has 1 heterocycles. The van der Waals surface area contributed by atoms with Gasteiger partial charge in [-0.05, 0) is 36.6 Å². The van der Waals surface area contributed by atoms with E-state index < -0.39 is 0 Å². The van der Waals surface area contributed by atoms with Crippen molar-refractivity contribution in [3.8, 4) is 0 Å². The second kappa shape index (κ2) is 6.01. The van der Waals surface area contributed by atoms with Crippen LogP contribution in [0.5, 0.6) is 0 Å². The van der Waals surface area contributed by atoms with Crippen LogP contribution in [-0.4, -0.2) is 16.0 Å². The molecular weight excluding hydrogens is 270 g/mol. The van der Waals surface area contributed by atoms with E-state index in [2.05, 4.69) is 23.5 Å². The van der Waals surface area contributed by atoms with Gasteiger partial charge in [-0.2, -0.15) is 0 Å². The van der Waals surface area contributed by atoms with E-state index in [1.165, 1.54) is 37.7 Å². The van der Waals surface area contributed by atoms with Crippen molar-refractivity contribution in [1.82, 2.24) is 15.3 Å². The van der Waals surface area contributed by atoms with Crippen LogP contribution in [0.2, 0.25) is 0 Å². The molecule has 2 aromatic carbocycles. The SMILES string of the molecule is c1ccc2nc3c(CNC4CCCCC4)cccc3nc2c1. The Morgan fingerprint density at radius 2 is 1.55 bits per heavy atom. The zero-order valence-electron chi connectivity index (χ0n) is 12.8. The topological polar surface area (TPSA) is 37.8 Å². The molecule has 0 atom stereocenters. The number of nitrogens with zero attached hydrogens (tertiary/aromatic N) is 2. The van der Waals surface area contributed by atoms with E-state index in [0.717, 1.165) is 28.6 Å². The van der Waals surface area contributed by atoms with Crippen LogP contribution >= 0.6 is 0 Å². The molecule has 3 nitrogen and oxygen atoms in total. The predicted molar refractivity (Wildman–Crippen MR) is 90.8 cm³/mol. The minimum Gasteiger partial charge on any atom is -0.310 e. The van der Waals surface area contributed by atoms with Crippen LogP contribution in [0.15, 0.2) is 42.5 Å². The number of hydrogen-bond donors (Lipinski definition) is 1. The molecule has 1 aromatic heterocycles. The highest BCUT2D eigenvalue weighted by atomic mass is 14.9. The molecule has 1 N–H and O–H groups in total. The van der Waals surface area contributed by atoms with E-state index in [4.69, 9.17) is 9.97 Å². The molecule has 0 unspecified atom stereocenters. The highest BCUT2D eigenvalue weighted by molar-refractivity contribution is 5.87. The van der Waals surface area contributed by atoms with Crippen molar-refractivity contribution in [2.24, 2.45) is 0 Å². The second-order valence-corrected chi connectivity index (χ2v) is 6.21. The van der Waals surface area contributed by atoms with Crippen LogP contribution in [0.4, 0.5) is 0 Å². The summed E-state index contributed by atoms with van der Waals surface area (Å²) in [7, 11) is 0. The van der Waals surface area contributed by atoms with Gasteiger partial charge in [0.05, 0.1) is 22.1 Å². The highest BCUT2D eigenvalue weighted by Gasteiger charge is 2.13. The molecule has 112 valence electrons. The summed E-state index contributed by atoms with van der Waals surface area (Å²) in [6.07, 6.45) is 6.72. The van der Waals surface area contributed by atoms with Gasteiger partial charge in [0.2, 0.25) is 0 Å². The predicted octanol–water partition coefficient (Wildman–Crippen LogP) is 4.21. The zero-order valence-corrected chi connectivity index (χ0v) is 12.8. The first-order chi connectivity index (χ1) is 10.9. The maximum absolute atomic E-state index is 4.84. The lowest BCUT2D eigenvalue weighted by atomic mass is 9.95. The van der Waals surface area contributed by atoms with Gasteiger partial charge in [0.15, 0.2) is 0 Å². The molecule has 0 bridgehead atoms. The van der Waals surface area contributed by atoms with E-state index in [1.54, 1.807) is 0 Å². The van der Waals surface area contributed by atoms with Crippen molar-refractivity contribution in [2.45, 2.75) is 44.7 Å². The quantitative estimate of drug-likeness (QED) is 0.735. The third kappa shape index (κ3) is 2.69. The smallest absolute Gasteiger partial charge is 0.0939 e. The number of para-hydroxylation sites is 3. The Kier molecular flexibility index (Phi) is 3.73. The molecular formula is C19H21N3. The van der Waals surface area contributed by atoms with Gasteiger partial charge in [0.1, 0.15) is 0 Å². The summed E-state index contributed by atoms with van der Waals surface area (Å²) in [5.74, 6) is 0. The Morgan fingerprint density at radius 1 is 0.818 bits per heavy atom. The Labute approximate surface area is 130 Å². The van der Waals surface area contributed by atoms with Gasteiger partial charge >= 0.3 is 0 Å². The molecule has 3 heteroatoms. The van der Waals surface area contributed by atoms with Crippen molar-refractivity contribution in [3.63, 3.8) is 0 Å². The first-order valence-electron chi connectivity index (χ1n) is 8.28. The van der Waals surface area contributed by atoms with E-state index >= 15 is 0 Å². The van der Waals surface area contributed by atoms with E-state index in [-0.39, 0.29) is 0 Å². The fourth-order valence-corrected chi connectivity index (χ4v) is 3.40. The van der Waals surface area contributed by atoms with Crippen LogP contribution in [0.25, 0.3) is 22.1 Å². The number of nitrogens with one attached hydrogen (secondary N) is 1. The summed E-state index contributed by atoms with van der Waals surface area (Å²) < 4.78 is 0. The molecule has 0 saturated heterocycles. The molecule has 0 aliphatic heterocycles. The third-order valence-corrected chi connectivity index (χ3v) is 4.64. The van der Waals surface area contributed by atoms with Crippen molar-refractivity contribution < 1.29 is 0 Å². The van der Waals surface area contributed by atoms with Gasteiger partial charge in [0.25, 0.3) is 0 Å². The number of rotatable bonds is 3. The van der Waals surface area contributed by atoms with Gasteiger partial charge in [-0.1, -0.05) is 43.5 Å². The van der Waals surface area contributed by atoms with Crippen molar-refractivity contribution in [2.75, 3.05) is 0 Å². The fraction of sp³-hybridized carbons (Fsp3) is 0.368. The van der Waals surface area contributed by atoms with Crippen LogP contribution in [-0.2, 0) is 6.54 Å². The lowest BCUT2D eigenvalue weighted by molar-refractivity contribution is 0.372. The Morgan fingerprint density at radius 3 is 2.36 bits per heavy atom. The molecule has 0 amide bonds. The summed E-state index contributed by atoms with van der Waals surface area (Å²) in [6.45, 7) is 0.884. The summed E-state index contributed by atoms with van der Waals surface area (Å²) in [4.78, 5) is 9.58. The van der Waals surface area contributed by atoms with Crippen LogP contribution < -0.4 is 5.32 Å². The third-order valence-electron chi connectivity index (χ3n) is 4.64. The number of benzene rings is 2. The summed E-state index contributed by atoms with van der Waals surface area (Å²) in [6, 6.07) is 15.1. The molecule has 22 heavy (non-hydrogen) atoms. The lowest BCUT2D eigenvalue weighted by Gasteiger charge is -2.23. The Balaban J connectivity index is 1.66. The van der Waals surface area contributed by atoms with Crippen molar-refractivity contribution >= 4 is 22.1 Å². The molecule has 3 aromatic rings. The molecule has 1 aliphatic carbocycles. The molecule has 0 spiro atoms. The van der Waals surface area contributed by atoms with E-state index in [1.807, 2.05) is 24.3 Å². The maximum Gasteiger partial charge on any atom is 0.0939 e. The van der Waals surface area contributed by atoms with Gasteiger partial charge < -0.3 is 5.32 Å². The molecule has 0 radical (unpaired) electrons. The highest BCUT2D eigenvalue weighted by Crippen LogP contribution is 2.21. The van der Waals surface area contributed by atoms with Gasteiger partial charge in [-0.3, -0.25) is 0 Å². The minimum absolute atomic E-state index is 0.664. The van der Waals surface area contributed by atoms with Crippen molar-refractivity contribution in [3.05, 3.63) is 48.0 Å². The van der Waals surface area contributed by atoms with Gasteiger partial charge in [-0.25, -0.2) is 9.97 Å². The molecule has 1 fully saturated rings. The largest absolute Gasteiger partial charge is 0.310 e. The average molecular weight is 291 g/mol.